The summed E-state index contributed by atoms with van der Waals surface area (Å²) in [7, 11) is 0. The van der Waals surface area contributed by atoms with Crippen LogP contribution in [0.4, 0.5) is 0 Å². The van der Waals surface area contributed by atoms with E-state index >= 15 is 0 Å². The monoisotopic (exact) mass is 224 g/mol. The highest BCUT2D eigenvalue weighted by molar-refractivity contribution is 4.95. The fraction of sp³-hybridized carbons (Fsp3) is 0.833. The minimum absolute atomic E-state index is 0.0453. The van der Waals surface area contributed by atoms with Gasteiger partial charge in [0.1, 0.15) is 0 Å². The molecule has 0 aliphatic carbocycles. The predicted octanol–water partition coefficient (Wildman–Crippen LogP) is 2.06. The van der Waals surface area contributed by atoms with Crippen molar-refractivity contribution in [3.8, 4) is 0 Å². The second-order valence-corrected chi connectivity index (χ2v) is 4.94. The number of hydrogen-bond donors (Lipinski definition) is 0. The van der Waals surface area contributed by atoms with Crippen LogP contribution in [0.25, 0.3) is 0 Å². The van der Waals surface area contributed by atoms with E-state index < -0.39 is 0 Å². The molecule has 16 heavy (non-hydrogen) atoms. The zero-order valence-electron chi connectivity index (χ0n) is 9.84. The molecule has 2 aliphatic heterocycles. The summed E-state index contributed by atoms with van der Waals surface area (Å²) in [6.07, 6.45) is 7.99. The Morgan fingerprint density at radius 2 is 1.81 bits per heavy atom. The minimum Gasteiger partial charge on any atom is -0.0723 e. The third kappa shape index (κ3) is 2.36. The standard InChI is InChI=1S/C12H20N2O2/c1-10(12-5-3-9-14(12)16)6-7-11-4-2-8-13(11)15/h6-7,10-12H,2-5,8-9H2,1H3/q+2. The second-order valence-electron chi connectivity index (χ2n) is 4.94. The summed E-state index contributed by atoms with van der Waals surface area (Å²) in [5, 5.41) is 0. The van der Waals surface area contributed by atoms with Crippen molar-refractivity contribution in [1.82, 2.24) is 0 Å². The van der Waals surface area contributed by atoms with E-state index in [1.54, 1.807) is 0 Å². The Labute approximate surface area is 95.9 Å². The molecule has 4 heteroatoms. The molecule has 2 rings (SSSR count). The third-order valence-corrected chi connectivity index (χ3v) is 3.74. The molecule has 4 nitrogen and oxygen atoms in total. The van der Waals surface area contributed by atoms with E-state index in [4.69, 9.17) is 0 Å². The molecule has 0 spiro atoms. The Bertz CT molecular complexity index is 325. The van der Waals surface area contributed by atoms with Crippen molar-refractivity contribution in [3.05, 3.63) is 22.0 Å². The molecule has 0 radical (unpaired) electrons. The van der Waals surface area contributed by atoms with E-state index in [0.29, 0.717) is 13.1 Å². The zero-order valence-corrected chi connectivity index (χ0v) is 9.84. The van der Waals surface area contributed by atoms with Crippen molar-refractivity contribution in [2.45, 2.75) is 44.7 Å². The highest BCUT2D eigenvalue weighted by atomic mass is 16.3. The Kier molecular flexibility index (Phi) is 3.46. The molecule has 2 saturated heterocycles. The van der Waals surface area contributed by atoms with Gasteiger partial charge in [0.15, 0.2) is 13.1 Å². The first kappa shape index (κ1) is 11.4. The fourth-order valence-corrected chi connectivity index (χ4v) is 2.68. The lowest BCUT2D eigenvalue weighted by atomic mass is 9.99. The van der Waals surface area contributed by atoms with Gasteiger partial charge in [0.2, 0.25) is 12.1 Å². The van der Waals surface area contributed by atoms with E-state index in [0.717, 1.165) is 30.4 Å². The minimum atomic E-state index is 0.0453. The first-order chi connectivity index (χ1) is 7.68. The van der Waals surface area contributed by atoms with Crippen LogP contribution in [0.5, 0.6) is 0 Å². The largest absolute Gasteiger partial charge is 0.219 e. The van der Waals surface area contributed by atoms with Crippen molar-refractivity contribution < 1.29 is 9.52 Å². The summed E-state index contributed by atoms with van der Waals surface area (Å²) in [6.45, 7) is 3.39. The molecular weight excluding hydrogens is 204 g/mol. The summed E-state index contributed by atoms with van der Waals surface area (Å²) in [5.74, 6) is 0.258. The van der Waals surface area contributed by atoms with E-state index in [1.807, 2.05) is 6.08 Å². The van der Waals surface area contributed by atoms with Gasteiger partial charge >= 0.3 is 0 Å². The molecule has 0 aromatic heterocycles. The SMILES string of the molecule is CC(C=CC1CCC[N+]1=O)C1CCC[N+]1=O. The lowest BCUT2D eigenvalue weighted by Crippen LogP contribution is -2.24. The molecule has 2 aliphatic rings. The average Bonchev–Trinajstić information content (AvgIpc) is 2.84. The topological polar surface area (TPSA) is 40.2 Å². The van der Waals surface area contributed by atoms with Gasteiger partial charge in [-0.05, 0) is 6.08 Å². The molecule has 88 valence electrons. The average molecular weight is 224 g/mol. The maximum Gasteiger partial charge on any atom is 0.219 e. The van der Waals surface area contributed by atoms with Gasteiger partial charge in [-0.1, -0.05) is 13.0 Å². The Morgan fingerprint density at radius 1 is 1.12 bits per heavy atom. The Balaban J connectivity index is 1.90. The van der Waals surface area contributed by atoms with Crippen molar-refractivity contribution in [3.63, 3.8) is 0 Å². The van der Waals surface area contributed by atoms with Gasteiger partial charge in [-0.2, -0.15) is 0 Å². The maximum atomic E-state index is 11.5. The van der Waals surface area contributed by atoms with Crippen molar-refractivity contribution in [1.29, 1.82) is 0 Å². The first-order valence-electron chi connectivity index (χ1n) is 6.24. The number of nitroso groups, excluding NO2 is 2. The molecular formula is C12H20N2O2+2. The highest BCUT2D eigenvalue weighted by Gasteiger charge is 2.36. The van der Waals surface area contributed by atoms with Crippen LogP contribution in [0.3, 0.4) is 0 Å². The molecule has 2 fully saturated rings. The molecule has 3 atom stereocenters. The van der Waals surface area contributed by atoms with Crippen LogP contribution in [0.1, 0.15) is 32.6 Å². The molecule has 3 unspecified atom stereocenters. The quantitative estimate of drug-likeness (QED) is 0.544. The summed E-state index contributed by atoms with van der Waals surface area (Å²) in [4.78, 5) is 22.9. The summed E-state index contributed by atoms with van der Waals surface area (Å²) in [5.41, 5.74) is 0. The number of nitrogens with zero attached hydrogens (tertiary/aromatic N) is 2. The van der Waals surface area contributed by atoms with E-state index in [2.05, 4.69) is 13.0 Å². The van der Waals surface area contributed by atoms with Gasteiger partial charge in [-0.3, -0.25) is 0 Å². The van der Waals surface area contributed by atoms with E-state index in [9.17, 15) is 9.81 Å². The van der Waals surface area contributed by atoms with Crippen molar-refractivity contribution in [2.75, 3.05) is 13.1 Å². The van der Waals surface area contributed by atoms with Gasteiger partial charge < -0.3 is 0 Å². The van der Waals surface area contributed by atoms with Crippen LogP contribution < -0.4 is 0 Å². The van der Waals surface area contributed by atoms with Crippen LogP contribution in [0.2, 0.25) is 0 Å². The smallest absolute Gasteiger partial charge is 0.0723 e. The molecule has 0 N–H and O–H groups in total. The van der Waals surface area contributed by atoms with Gasteiger partial charge in [0.05, 0.1) is 0 Å². The summed E-state index contributed by atoms with van der Waals surface area (Å²) in [6, 6.07) is 0.168. The number of rotatable bonds is 3. The zero-order chi connectivity index (χ0) is 11.5. The van der Waals surface area contributed by atoms with Crippen molar-refractivity contribution >= 4 is 0 Å². The Hall–Kier alpha value is -1.06. The normalized spacial score (nSPS) is 32.8. The van der Waals surface area contributed by atoms with Crippen LogP contribution in [0.15, 0.2) is 12.2 Å². The van der Waals surface area contributed by atoms with Crippen LogP contribution in [-0.4, -0.2) is 34.7 Å². The van der Waals surface area contributed by atoms with Gasteiger partial charge in [-0.15, -0.1) is 0 Å². The second kappa shape index (κ2) is 4.85. The lowest BCUT2D eigenvalue weighted by molar-refractivity contribution is -0.570. The third-order valence-electron chi connectivity index (χ3n) is 3.74. The maximum absolute atomic E-state index is 11.5. The molecule has 0 aromatic carbocycles. The van der Waals surface area contributed by atoms with Gasteiger partial charge in [0, 0.05) is 50.9 Å². The predicted molar refractivity (Wildman–Crippen MR) is 61.3 cm³/mol. The molecule has 0 amide bonds. The molecule has 0 saturated carbocycles. The van der Waals surface area contributed by atoms with Crippen LogP contribution in [-0.2, 0) is 0 Å². The molecule has 0 aromatic rings. The van der Waals surface area contributed by atoms with Crippen LogP contribution in [0, 0.1) is 15.7 Å². The van der Waals surface area contributed by atoms with E-state index in [1.165, 1.54) is 4.76 Å². The van der Waals surface area contributed by atoms with Crippen molar-refractivity contribution in [2.24, 2.45) is 5.92 Å². The summed E-state index contributed by atoms with van der Waals surface area (Å²) >= 11 is 0. The summed E-state index contributed by atoms with van der Waals surface area (Å²) < 4.78 is 2.34. The fourth-order valence-electron chi connectivity index (χ4n) is 2.68. The van der Waals surface area contributed by atoms with E-state index in [-0.39, 0.29) is 18.0 Å². The lowest BCUT2D eigenvalue weighted by Gasteiger charge is -2.06. The Morgan fingerprint density at radius 3 is 2.38 bits per heavy atom. The molecule has 0 bridgehead atoms. The molecule has 2 heterocycles. The van der Waals surface area contributed by atoms with Gasteiger partial charge in [0.25, 0.3) is 0 Å². The van der Waals surface area contributed by atoms with Crippen LogP contribution >= 0.6 is 0 Å². The number of hydrogen-bond acceptors (Lipinski definition) is 2. The van der Waals surface area contributed by atoms with Gasteiger partial charge in [-0.25, -0.2) is 0 Å². The highest BCUT2D eigenvalue weighted by Crippen LogP contribution is 2.21. The first-order valence-corrected chi connectivity index (χ1v) is 6.24.